The van der Waals surface area contributed by atoms with Crippen molar-refractivity contribution in [2.24, 2.45) is 0 Å². The van der Waals surface area contributed by atoms with Crippen LogP contribution in [0.25, 0.3) is 21.5 Å². The Hall–Kier alpha value is -7.08. The van der Waals surface area contributed by atoms with Gasteiger partial charge in [0.2, 0.25) is 0 Å². The lowest BCUT2D eigenvalue weighted by molar-refractivity contribution is -0.141. The van der Waals surface area contributed by atoms with Gasteiger partial charge in [0.1, 0.15) is 23.0 Å². The molecule has 2 aliphatic carbocycles. The van der Waals surface area contributed by atoms with Gasteiger partial charge in [0, 0.05) is 23.9 Å². The van der Waals surface area contributed by atoms with E-state index in [0.717, 1.165) is 111 Å². The van der Waals surface area contributed by atoms with Crippen LogP contribution in [-0.4, -0.2) is 75.5 Å². The normalized spacial score (nSPS) is 14.8. The zero-order chi connectivity index (χ0) is 51.1. The van der Waals surface area contributed by atoms with Gasteiger partial charge in [-0.05, 0) is 155 Å². The van der Waals surface area contributed by atoms with Crippen LogP contribution in [0.15, 0.2) is 103 Å². The molecule has 0 heterocycles. The smallest absolute Gasteiger partial charge is 0.306 e. The van der Waals surface area contributed by atoms with Crippen LogP contribution in [0.5, 0.6) is 23.0 Å². The number of carbonyl (C=O) groups excluding carboxylic acids is 3. The van der Waals surface area contributed by atoms with E-state index in [1.807, 2.05) is 106 Å². The molecule has 2 atom stereocenters. The van der Waals surface area contributed by atoms with Crippen molar-refractivity contribution in [1.29, 1.82) is 0 Å². The number of nitrogens with one attached hydrogen (secondary N) is 2. The van der Waals surface area contributed by atoms with Crippen molar-refractivity contribution in [1.82, 2.24) is 10.6 Å². The van der Waals surface area contributed by atoms with E-state index in [1.165, 1.54) is 32.8 Å². The third-order valence-electron chi connectivity index (χ3n) is 14.1. The molecule has 0 saturated heterocycles. The Labute approximate surface area is 423 Å². The highest BCUT2D eigenvalue weighted by molar-refractivity contribution is 5.87. The summed E-state index contributed by atoms with van der Waals surface area (Å²) in [6.07, 6.45) is 11.5. The third kappa shape index (κ3) is 14.3. The van der Waals surface area contributed by atoms with E-state index < -0.39 is 5.97 Å². The quantitative estimate of drug-likeness (QED) is 0.0708. The molecule has 3 N–H and O–H groups in total. The third-order valence-corrected chi connectivity index (χ3v) is 14.1. The number of methoxy groups -OCH3 is 3. The van der Waals surface area contributed by atoms with Gasteiger partial charge in [0.25, 0.3) is 11.8 Å². The summed E-state index contributed by atoms with van der Waals surface area (Å²) < 4.78 is 27.4. The molecule has 0 aromatic heterocycles. The molecule has 2 unspecified atom stereocenters. The SMILES string of the molecule is COC(=O)CC(c1ccc2ccc(OCC(=O)NC3CCCCC3)cc2c1)c1c(C)cc(OC)cc1C.COc1ccc(C(CC(=O)O)c2ccc3ccc(OCC(=O)NC4CCCCC4)cc3c2)c(C)c1. The Morgan fingerprint density at radius 3 is 1.43 bits per heavy atom. The molecule has 2 saturated carbocycles. The van der Waals surface area contributed by atoms with Crippen molar-refractivity contribution < 1.29 is 48.0 Å². The van der Waals surface area contributed by atoms with Crippen LogP contribution in [0.3, 0.4) is 0 Å². The second kappa shape index (κ2) is 25.3. The molecule has 72 heavy (non-hydrogen) atoms. The molecule has 6 aromatic rings. The minimum atomic E-state index is -0.855. The zero-order valence-corrected chi connectivity index (χ0v) is 42.6. The van der Waals surface area contributed by atoms with Gasteiger partial charge >= 0.3 is 11.9 Å². The minimum absolute atomic E-state index is 0.00307. The lowest BCUT2D eigenvalue weighted by atomic mass is 9.82. The summed E-state index contributed by atoms with van der Waals surface area (Å²) in [7, 11) is 4.69. The average Bonchev–Trinajstić information content (AvgIpc) is 3.38. The first kappa shape index (κ1) is 52.7. The van der Waals surface area contributed by atoms with Crippen LogP contribution in [0.1, 0.15) is 128 Å². The number of benzene rings is 6. The maximum atomic E-state index is 12.4. The molecular formula is C60H70N2O10. The number of carboxylic acid groups (broad SMARTS) is 1. The first-order valence-corrected chi connectivity index (χ1v) is 25.3. The molecule has 12 heteroatoms. The fourth-order valence-corrected chi connectivity index (χ4v) is 10.4. The fraction of sp³-hybridized carbons (Fsp3) is 0.400. The van der Waals surface area contributed by atoms with Gasteiger partial charge in [0.05, 0.1) is 34.2 Å². The predicted molar refractivity (Wildman–Crippen MR) is 282 cm³/mol. The fourth-order valence-electron chi connectivity index (χ4n) is 10.4. The summed E-state index contributed by atoms with van der Waals surface area (Å²) in [5.41, 5.74) is 7.09. The maximum absolute atomic E-state index is 12.4. The van der Waals surface area contributed by atoms with Crippen molar-refractivity contribution in [3.05, 3.63) is 142 Å². The van der Waals surface area contributed by atoms with Crippen molar-refractivity contribution >= 4 is 45.3 Å². The number of carboxylic acids is 1. The van der Waals surface area contributed by atoms with Crippen molar-refractivity contribution in [2.75, 3.05) is 34.5 Å². The topological polar surface area (TPSA) is 159 Å². The number of carbonyl (C=O) groups is 4. The molecule has 8 rings (SSSR count). The van der Waals surface area contributed by atoms with Crippen molar-refractivity contribution in [3.8, 4) is 23.0 Å². The van der Waals surface area contributed by atoms with Gasteiger partial charge < -0.3 is 39.4 Å². The molecule has 2 aliphatic rings. The summed E-state index contributed by atoms with van der Waals surface area (Å²) in [6, 6.07) is 34.0. The number of rotatable bonds is 18. The molecule has 0 spiro atoms. The number of hydrogen-bond donors (Lipinski definition) is 3. The average molecular weight is 979 g/mol. The summed E-state index contributed by atoms with van der Waals surface area (Å²) in [6.45, 7) is 6.03. The summed E-state index contributed by atoms with van der Waals surface area (Å²) >= 11 is 0. The Balaban J connectivity index is 0.000000212. The predicted octanol–water partition coefficient (Wildman–Crippen LogP) is 11.6. The Morgan fingerprint density at radius 2 is 0.972 bits per heavy atom. The van der Waals surface area contributed by atoms with Gasteiger partial charge in [0.15, 0.2) is 13.2 Å². The van der Waals surface area contributed by atoms with Crippen LogP contribution in [0.4, 0.5) is 0 Å². The van der Waals surface area contributed by atoms with Gasteiger partial charge in [-0.15, -0.1) is 0 Å². The van der Waals surface area contributed by atoms with E-state index in [1.54, 1.807) is 14.2 Å². The van der Waals surface area contributed by atoms with Crippen LogP contribution in [0, 0.1) is 20.8 Å². The molecule has 2 amide bonds. The standard InChI is InChI=1S/C31H37NO5.C29H33NO5/c1-20-14-27(35-3)15-21(2)31(20)28(18-30(34)36-4)23-11-10-22-12-13-26(17-24(22)16-23)37-19-29(33)32-25-8-6-5-7-9-25;1-19-14-24(34-2)12-13-26(19)27(17-29(32)33)21-9-8-20-10-11-25(16-22(20)15-21)35-18-28(31)30-23-6-4-3-5-7-23/h10-17,25,28H,5-9,18-19H2,1-4H3,(H,32,33);8-16,23,27H,3-7,17-18H2,1-2H3,(H,30,31)(H,32,33). The lowest BCUT2D eigenvalue weighted by Crippen LogP contribution is -2.38. The number of esters is 1. The van der Waals surface area contributed by atoms with Gasteiger partial charge in [-0.2, -0.15) is 0 Å². The second-order valence-corrected chi connectivity index (χ2v) is 19.3. The largest absolute Gasteiger partial charge is 0.497 e. The van der Waals surface area contributed by atoms with E-state index >= 15 is 0 Å². The van der Waals surface area contributed by atoms with Crippen LogP contribution in [-0.2, 0) is 23.9 Å². The van der Waals surface area contributed by atoms with Gasteiger partial charge in [-0.25, -0.2) is 0 Å². The van der Waals surface area contributed by atoms with Gasteiger partial charge in [-0.1, -0.05) is 93.1 Å². The highest BCUT2D eigenvalue weighted by atomic mass is 16.5. The van der Waals surface area contributed by atoms with E-state index in [-0.39, 0.29) is 67.8 Å². The zero-order valence-electron chi connectivity index (χ0n) is 42.6. The van der Waals surface area contributed by atoms with E-state index in [9.17, 15) is 24.3 Å². The van der Waals surface area contributed by atoms with Crippen LogP contribution >= 0.6 is 0 Å². The first-order chi connectivity index (χ1) is 34.8. The Morgan fingerprint density at radius 1 is 0.514 bits per heavy atom. The monoisotopic (exact) mass is 979 g/mol. The van der Waals surface area contributed by atoms with E-state index in [0.29, 0.717) is 11.5 Å². The Kier molecular flexibility index (Phi) is 18.6. The summed E-state index contributed by atoms with van der Waals surface area (Å²) in [5, 5.41) is 19.8. The maximum Gasteiger partial charge on any atom is 0.306 e. The van der Waals surface area contributed by atoms with Crippen molar-refractivity contribution in [2.45, 2.75) is 122 Å². The molecular weight excluding hydrogens is 909 g/mol. The number of ether oxygens (including phenoxy) is 5. The molecule has 6 aromatic carbocycles. The minimum Gasteiger partial charge on any atom is -0.497 e. The molecule has 380 valence electrons. The second-order valence-electron chi connectivity index (χ2n) is 19.3. The molecule has 12 nitrogen and oxygen atoms in total. The molecule has 0 radical (unpaired) electrons. The van der Waals surface area contributed by atoms with Crippen molar-refractivity contribution in [3.63, 3.8) is 0 Å². The summed E-state index contributed by atoms with van der Waals surface area (Å²) in [4.78, 5) is 48.9. The Bertz CT molecular complexity index is 2820. The first-order valence-electron chi connectivity index (χ1n) is 25.3. The summed E-state index contributed by atoms with van der Waals surface area (Å²) in [5.74, 6) is 1.03. The molecule has 0 aliphatic heterocycles. The number of fused-ring (bicyclic) bond motifs is 2. The van der Waals surface area contributed by atoms with E-state index in [4.69, 9.17) is 23.7 Å². The number of aliphatic carboxylic acids is 1. The van der Waals surface area contributed by atoms with Gasteiger partial charge in [-0.3, -0.25) is 19.2 Å². The number of hydrogen-bond acceptors (Lipinski definition) is 9. The lowest BCUT2D eigenvalue weighted by Gasteiger charge is -2.23. The van der Waals surface area contributed by atoms with Crippen LogP contribution < -0.4 is 29.6 Å². The number of amides is 2. The highest BCUT2D eigenvalue weighted by Crippen LogP contribution is 2.38. The number of aryl methyl sites for hydroxylation is 3. The van der Waals surface area contributed by atoms with E-state index in [2.05, 4.69) is 28.8 Å². The molecule has 0 bridgehead atoms. The van der Waals surface area contributed by atoms with Crippen LogP contribution in [0.2, 0.25) is 0 Å². The highest BCUT2D eigenvalue weighted by Gasteiger charge is 2.25. The molecule has 2 fully saturated rings.